The summed E-state index contributed by atoms with van der Waals surface area (Å²) in [6.45, 7) is 1.34. The van der Waals surface area contributed by atoms with Crippen LogP contribution in [0.1, 0.15) is 5.56 Å². The molecule has 3 nitrogen and oxygen atoms in total. The molecule has 1 aromatic rings. The van der Waals surface area contributed by atoms with Crippen LogP contribution in [0.5, 0.6) is 0 Å². The summed E-state index contributed by atoms with van der Waals surface area (Å²) in [5.41, 5.74) is -0.469. The van der Waals surface area contributed by atoms with Crippen LogP contribution in [0, 0.1) is 5.41 Å². The number of halogens is 4. The van der Waals surface area contributed by atoms with Crippen LogP contribution in [0.3, 0.4) is 0 Å². The van der Waals surface area contributed by atoms with Gasteiger partial charge in [-0.1, -0.05) is 0 Å². The molecule has 1 aromatic carbocycles. The zero-order chi connectivity index (χ0) is 14.1. The van der Waals surface area contributed by atoms with Crippen LogP contribution in [0.2, 0.25) is 0 Å². The van der Waals surface area contributed by atoms with E-state index in [1.165, 1.54) is 6.07 Å². The lowest BCUT2D eigenvalue weighted by Crippen LogP contribution is -2.50. The van der Waals surface area contributed by atoms with E-state index >= 15 is 0 Å². The second kappa shape index (κ2) is 5.30. The van der Waals surface area contributed by atoms with Gasteiger partial charge in [0, 0.05) is 16.7 Å². The predicted molar refractivity (Wildman–Crippen MR) is 68.0 cm³/mol. The Balaban J connectivity index is 2.05. The largest absolute Gasteiger partial charge is 0.416 e. The fourth-order valence-electron chi connectivity index (χ4n) is 1.76. The van der Waals surface area contributed by atoms with E-state index in [-0.39, 0.29) is 12.0 Å². The van der Waals surface area contributed by atoms with Crippen molar-refractivity contribution in [3.63, 3.8) is 0 Å². The molecule has 1 saturated heterocycles. The Morgan fingerprint density at radius 1 is 1.37 bits per heavy atom. The van der Waals surface area contributed by atoms with E-state index in [4.69, 9.17) is 4.74 Å². The van der Waals surface area contributed by atoms with Gasteiger partial charge in [0.2, 0.25) is 0 Å². The molecule has 2 rings (SSSR count). The summed E-state index contributed by atoms with van der Waals surface area (Å²) < 4.78 is 42.9. The highest BCUT2D eigenvalue weighted by molar-refractivity contribution is 9.10. The molecule has 0 radical (unpaired) electrons. The maximum atomic E-state index is 12.5. The molecule has 0 bridgehead atoms. The van der Waals surface area contributed by atoms with Crippen molar-refractivity contribution in [1.82, 2.24) is 0 Å². The number of rotatable bonds is 4. The van der Waals surface area contributed by atoms with Gasteiger partial charge in [-0.15, -0.1) is 0 Å². The molecule has 19 heavy (non-hydrogen) atoms. The predicted octanol–water partition coefficient (Wildman–Crippen LogP) is 2.89. The number of aliphatic hydroxyl groups excluding tert-OH is 1. The minimum Gasteiger partial charge on any atom is -0.396 e. The first-order valence-corrected chi connectivity index (χ1v) is 6.45. The zero-order valence-electron chi connectivity index (χ0n) is 9.93. The van der Waals surface area contributed by atoms with E-state index in [0.717, 1.165) is 12.1 Å². The van der Waals surface area contributed by atoms with Crippen LogP contribution in [-0.4, -0.2) is 31.5 Å². The summed E-state index contributed by atoms with van der Waals surface area (Å²) in [5.74, 6) is 0. The number of aliphatic hydroxyl groups is 1. The topological polar surface area (TPSA) is 41.5 Å². The van der Waals surface area contributed by atoms with Gasteiger partial charge in [-0.25, -0.2) is 0 Å². The third-order valence-electron chi connectivity index (χ3n) is 3.10. The minimum absolute atomic E-state index is 0.0156. The van der Waals surface area contributed by atoms with Crippen LogP contribution in [-0.2, 0) is 10.9 Å². The highest BCUT2D eigenvalue weighted by atomic mass is 79.9. The third-order valence-corrected chi connectivity index (χ3v) is 3.76. The Morgan fingerprint density at radius 2 is 2.05 bits per heavy atom. The van der Waals surface area contributed by atoms with Gasteiger partial charge in [-0.3, -0.25) is 0 Å². The number of hydrogen-bond acceptors (Lipinski definition) is 3. The molecule has 0 spiro atoms. The second-order valence-electron chi connectivity index (χ2n) is 4.70. The van der Waals surface area contributed by atoms with E-state index in [9.17, 15) is 18.3 Å². The average molecular weight is 340 g/mol. The van der Waals surface area contributed by atoms with Gasteiger partial charge in [-0.2, -0.15) is 13.2 Å². The molecule has 0 unspecified atom stereocenters. The van der Waals surface area contributed by atoms with Gasteiger partial charge in [-0.05, 0) is 34.1 Å². The molecule has 0 saturated carbocycles. The number of nitrogens with one attached hydrogen (secondary N) is 1. The van der Waals surface area contributed by atoms with E-state index in [1.807, 2.05) is 0 Å². The van der Waals surface area contributed by atoms with Crippen LogP contribution < -0.4 is 5.32 Å². The minimum atomic E-state index is -4.35. The SMILES string of the molecule is OCC1(CNc2ccc(C(F)(F)F)cc2Br)COC1. The number of alkyl halides is 3. The van der Waals surface area contributed by atoms with Crippen molar-refractivity contribution in [2.45, 2.75) is 6.18 Å². The molecule has 1 aliphatic rings. The van der Waals surface area contributed by atoms with Crippen molar-refractivity contribution in [2.75, 3.05) is 31.7 Å². The van der Waals surface area contributed by atoms with Crippen molar-refractivity contribution >= 4 is 21.6 Å². The monoisotopic (exact) mass is 339 g/mol. The summed E-state index contributed by atoms with van der Waals surface area (Å²) in [7, 11) is 0. The summed E-state index contributed by atoms with van der Waals surface area (Å²) in [4.78, 5) is 0. The first-order chi connectivity index (χ1) is 8.86. The zero-order valence-corrected chi connectivity index (χ0v) is 11.5. The summed E-state index contributed by atoms with van der Waals surface area (Å²) in [6.07, 6.45) is -4.35. The van der Waals surface area contributed by atoms with Crippen LogP contribution in [0.25, 0.3) is 0 Å². The molecular weight excluding hydrogens is 327 g/mol. The molecule has 1 heterocycles. The van der Waals surface area contributed by atoms with E-state index in [0.29, 0.717) is 29.9 Å². The number of ether oxygens (including phenoxy) is 1. The van der Waals surface area contributed by atoms with E-state index in [2.05, 4.69) is 21.2 Å². The Hall–Kier alpha value is -0.790. The van der Waals surface area contributed by atoms with E-state index in [1.54, 1.807) is 0 Å². The summed E-state index contributed by atoms with van der Waals surface area (Å²) in [6, 6.07) is 3.43. The molecule has 7 heteroatoms. The van der Waals surface area contributed by atoms with Crippen molar-refractivity contribution in [3.8, 4) is 0 Å². The van der Waals surface area contributed by atoms with Gasteiger partial charge in [0.25, 0.3) is 0 Å². The number of hydrogen-bond donors (Lipinski definition) is 2. The summed E-state index contributed by atoms with van der Waals surface area (Å²) >= 11 is 3.11. The molecule has 1 aliphatic heterocycles. The van der Waals surface area contributed by atoms with Crippen molar-refractivity contribution in [1.29, 1.82) is 0 Å². The smallest absolute Gasteiger partial charge is 0.396 e. The lowest BCUT2D eigenvalue weighted by Gasteiger charge is -2.40. The standard InChI is InChI=1S/C12H13BrF3NO2/c13-9-3-8(12(14,15)16)1-2-10(9)17-4-11(5-18)6-19-7-11/h1-3,17-18H,4-7H2. The first-order valence-electron chi connectivity index (χ1n) is 5.66. The average Bonchev–Trinajstić information content (AvgIpc) is 2.28. The lowest BCUT2D eigenvalue weighted by molar-refractivity contribution is -0.137. The maximum absolute atomic E-state index is 12.5. The summed E-state index contributed by atoms with van der Waals surface area (Å²) in [5, 5.41) is 12.3. The fourth-order valence-corrected chi connectivity index (χ4v) is 2.28. The van der Waals surface area contributed by atoms with Crippen LogP contribution >= 0.6 is 15.9 Å². The lowest BCUT2D eigenvalue weighted by atomic mass is 9.87. The Morgan fingerprint density at radius 3 is 2.47 bits per heavy atom. The maximum Gasteiger partial charge on any atom is 0.416 e. The second-order valence-corrected chi connectivity index (χ2v) is 5.55. The molecule has 0 aromatic heterocycles. The molecule has 0 amide bonds. The van der Waals surface area contributed by atoms with Gasteiger partial charge < -0.3 is 15.2 Å². The van der Waals surface area contributed by atoms with Gasteiger partial charge in [0.05, 0.1) is 30.8 Å². The first kappa shape index (κ1) is 14.6. The molecule has 0 atom stereocenters. The van der Waals surface area contributed by atoms with Crippen LogP contribution in [0.4, 0.5) is 18.9 Å². The van der Waals surface area contributed by atoms with Crippen molar-refractivity contribution in [2.24, 2.45) is 5.41 Å². The van der Waals surface area contributed by atoms with E-state index < -0.39 is 11.7 Å². The Kier molecular flexibility index (Phi) is 4.08. The highest BCUT2D eigenvalue weighted by Gasteiger charge is 2.38. The Labute approximate surface area is 116 Å². The van der Waals surface area contributed by atoms with Crippen molar-refractivity contribution < 1.29 is 23.0 Å². The molecular formula is C12H13BrF3NO2. The molecule has 106 valence electrons. The molecule has 0 aliphatic carbocycles. The quantitative estimate of drug-likeness (QED) is 0.886. The van der Waals surface area contributed by atoms with Gasteiger partial charge in [0.15, 0.2) is 0 Å². The Bertz CT molecular complexity index is 455. The molecule has 1 fully saturated rings. The third kappa shape index (κ3) is 3.21. The normalized spacial score (nSPS) is 17.9. The fraction of sp³-hybridized carbons (Fsp3) is 0.500. The number of anilines is 1. The number of benzene rings is 1. The highest BCUT2D eigenvalue weighted by Crippen LogP contribution is 2.35. The molecule has 2 N–H and O–H groups in total. The van der Waals surface area contributed by atoms with Gasteiger partial charge in [0.1, 0.15) is 0 Å². The van der Waals surface area contributed by atoms with Crippen molar-refractivity contribution in [3.05, 3.63) is 28.2 Å². The van der Waals surface area contributed by atoms with Crippen LogP contribution in [0.15, 0.2) is 22.7 Å². The van der Waals surface area contributed by atoms with Gasteiger partial charge >= 0.3 is 6.18 Å².